The summed E-state index contributed by atoms with van der Waals surface area (Å²) in [6.07, 6.45) is 4.08. The minimum atomic E-state index is 0.286. The van der Waals surface area contributed by atoms with Gasteiger partial charge in [-0.25, -0.2) is 4.98 Å². The van der Waals surface area contributed by atoms with Gasteiger partial charge in [0.2, 0.25) is 6.79 Å². The van der Waals surface area contributed by atoms with Crippen molar-refractivity contribution in [2.75, 3.05) is 6.79 Å². The fraction of sp³-hybridized carbons (Fsp3) is 0.0556. The standard InChI is InChI=1S/C18H12N2O2/c1-2-4-14-12(3-1)7-8-20-10-15(19-18(14)20)13-5-6-16-17(9-13)22-11-21-16/h1-10H,11H2. The fourth-order valence-corrected chi connectivity index (χ4v) is 2.91. The maximum absolute atomic E-state index is 5.45. The predicted octanol–water partition coefficient (Wildman–Crippen LogP) is 3.88. The number of aromatic nitrogens is 2. The first-order chi connectivity index (χ1) is 10.9. The average molecular weight is 288 g/mol. The van der Waals surface area contributed by atoms with E-state index in [1.165, 1.54) is 5.39 Å². The molecule has 4 heteroatoms. The Morgan fingerprint density at radius 1 is 0.955 bits per heavy atom. The highest BCUT2D eigenvalue weighted by molar-refractivity contribution is 5.94. The average Bonchev–Trinajstić information content (AvgIpc) is 3.20. The highest BCUT2D eigenvalue weighted by atomic mass is 16.7. The zero-order valence-corrected chi connectivity index (χ0v) is 11.7. The van der Waals surface area contributed by atoms with E-state index >= 15 is 0 Å². The van der Waals surface area contributed by atoms with E-state index in [-0.39, 0.29) is 6.79 Å². The Kier molecular flexibility index (Phi) is 2.24. The molecule has 0 saturated heterocycles. The van der Waals surface area contributed by atoms with E-state index in [1.54, 1.807) is 0 Å². The summed E-state index contributed by atoms with van der Waals surface area (Å²) in [5.41, 5.74) is 2.91. The zero-order valence-electron chi connectivity index (χ0n) is 11.7. The Hall–Kier alpha value is -3.01. The molecule has 0 bridgehead atoms. The van der Waals surface area contributed by atoms with Gasteiger partial charge >= 0.3 is 0 Å². The zero-order chi connectivity index (χ0) is 14.5. The van der Waals surface area contributed by atoms with Crippen LogP contribution in [0.25, 0.3) is 27.7 Å². The molecular formula is C18H12N2O2. The third kappa shape index (κ3) is 1.61. The van der Waals surface area contributed by atoms with Crippen LogP contribution in [-0.4, -0.2) is 16.2 Å². The van der Waals surface area contributed by atoms with Crippen LogP contribution in [0.4, 0.5) is 0 Å². The van der Waals surface area contributed by atoms with E-state index in [1.807, 2.05) is 42.7 Å². The van der Waals surface area contributed by atoms with Gasteiger partial charge < -0.3 is 13.9 Å². The van der Waals surface area contributed by atoms with Gasteiger partial charge in [0.15, 0.2) is 11.5 Å². The van der Waals surface area contributed by atoms with E-state index in [2.05, 4.69) is 22.6 Å². The Balaban J connectivity index is 1.73. The number of pyridine rings is 1. The van der Waals surface area contributed by atoms with E-state index in [9.17, 15) is 0 Å². The lowest BCUT2D eigenvalue weighted by Crippen LogP contribution is -1.92. The number of imidazole rings is 1. The predicted molar refractivity (Wildman–Crippen MR) is 84.3 cm³/mol. The first-order valence-electron chi connectivity index (χ1n) is 7.15. The van der Waals surface area contributed by atoms with Crippen LogP contribution in [0.3, 0.4) is 0 Å². The summed E-state index contributed by atoms with van der Waals surface area (Å²) in [6, 6.07) is 16.3. The molecule has 0 unspecified atom stereocenters. The summed E-state index contributed by atoms with van der Waals surface area (Å²) in [6.45, 7) is 0.286. The summed E-state index contributed by atoms with van der Waals surface area (Å²) in [5, 5.41) is 2.34. The van der Waals surface area contributed by atoms with Crippen molar-refractivity contribution >= 4 is 16.4 Å². The van der Waals surface area contributed by atoms with Gasteiger partial charge in [0, 0.05) is 23.3 Å². The number of nitrogens with zero attached hydrogens (tertiary/aromatic N) is 2. The Morgan fingerprint density at radius 2 is 1.86 bits per heavy atom. The monoisotopic (exact) mass is 288 g/mol. The lowest BCUT2D eigenvalue weighted by molar-refractivity contribution is 0.174. The van der Waals surface area contributed by atoms with E-state index in [0.29, 0.717) is 0 Å². The molecule has 0 amide bonds. The van der Waals surface area contributed by atoms with Crippen LogP contribution >= 0.6 is 0 Å². The number of fused-ring (bicyclic) bond motifs is 4. The molecule has 0 saturated carbocycles. The second kappa shape index (κ2) is 4.24. The molecule has 22 heavy (non-hydrogen) atoms. The van der Waals surface area contributed by atoms with Gasteiger partial charge in [0.25, 0.3) is 0 Å². The molecule has 5 rings (SSSR count). The Morgan fingerprint density at radius 3 is 2.86 bits per heavy atom. The summed E-state index contributed by atoms with van der Waals surface area (Å²) in [7, 11) is 0. The summed E-state index contributed by atoms with van der Waals surface area (Å²) >= 11 is 0. The molecule has 3 heterocycles. The van der Waals surface area contributed by atoms with Gasteiger partial charge in [-0.3, -0.25) is 0 Å². The van der Waals surface area contributed by atoms with Crippen LogP contribution in [0.2, 0.25) is 0 Å². The topological polar surface area (TPSA) is 35.8 Å². The molecule has 2 aromatic heterocycles. The van der Waals surface area contributed by atoms with Crippen LogP contribution in [0.1, 0.15) is 0 Å². The van der Waals surface area contributed by atoms with Gasteiger partial charge in [0.1, 0.15) is 5.65 Å². The molecule has 4 nitrogen and oxygen atoms in total. The highest BCUT2D eigenvalue weighted by Crippen LogP contribution is 2.36. The second-order valence-corrected chi connectivity index (χ2v) is 5.33. The smallest absolute Gasteiger partial charge is 0.231 e. The summed E-state index contributed by atoms with van der Waals surface area (Å²) in [4.78, 5) is 4.80. The van der Waals surface area contributed by atoms with Crippen molar-refractivity contribution in [3.63, 3.8) is 0 Å². The van der Waals surface area contributed by atoms with E-state index in [4.69, 9.17) is 14.5 Å². The molecular weight excluding hydrogens is 276 g/mol. The molecule has 106 valence electrons. The van der Waals surface area contributed by atoms with Crippen LogP contribution in [0.15, 0.2) is 60.9 Å². The maximum Gasteiger partial charge on any atom is 0.231 e. The molecule has 4 aromatic rings. The highest BCUT2D eigenvalue weighted by Gasteiger charge is 2.15. The summed E-state index contributed by atoms with van der Waals surface area (Å²) < 4.78 is 12.9. The maximum atomic E-state index is 5.45. The first kappa shape index (κ1) is 11.6. The van der Waals surface area contributed by atoms with Gasteiger partial charge in [0.05, 0.1) is 5.69 Å². The molecule has 2 aromatic carbocycles. The fourth-order valence-electron chi connectivity index (χ4n) is 2.91. The van der Waals surface area contributed by atoms with Crippen molar-refractivity contribution in [2.45, 2.75) is 0 Å². The number of benzene rings is 2. The van der Waals surface area contributed by atoms with Gasteiger partial charge in [-0.15, -0.1) is 0 Å². The molecule has 0 fully saturated rings. The van der Waals surface area contributed by atoms with E-state index < -0.39 is 0 Å². The minimum absolute atomic E-state index is 0.286. The van der Waals surface area contributed by atoms with Crippen molar-refractivity contribution in [3.8, 4) is 22.8 Å². The molecule has 1 aliphatic heterocycles. The molecule has 0 N–H and O–H groups in total. The number of hydrogen-bond acceptors (Lipinski definition) is 3. The minimum Gasteiger partial charge on any atom is -0.454 e. The second-order valence-electron chi connectivity index (χ2n) is 5.33. The SMILES string of the molecule is c1ccc2c(c1)ccn1cc(-c3ccc4c(c3)OCO4)nc21. The Labute approximate surface area is 126 Å². The van der Waals surface area contributed by atoms with Gasteiger partial charge in [-0.05, 0) is 29.7 Å². The lowest BCUT2D eigenvalue weighted by atomic mass is 10.1. The van der Waals surface area contributed by atoms with Crippen molar-refractivity contribution in [2.24, 2.45) is 0 Å². The van der Waals surface area contributed by atoms with Gasteiger partial charge in [-0.1, -0.05) is 24.3 Å². The normalized spacial score (nSPS) is 13.1. The van der Waals surface area contributed by atoms with Crippen LogP contribution in [-0.2, 0) is 0 Å². The molecule has 0 atom stereocenters. The van der Waals surface area contributed by atoms with Crippen molar-refractivity contribution in [3.05, 3.63) is 60.9 Å². The molecule has 0 radical (unpaired) electrons. The first-order valence-corrected chi connectivity index (χ1v) is 7.15. The lowest BCUT2D eigenvalue weighted by Gasteiger charge is -1.99. The largest absolute Gasteiger partial charge is 0.454 e. The number of hydrogen-bond donors (Lipinski definition) is 0. The van der Waals surface area contributed by atoms with Crippen LogP contribution in [0, 0.1) is 0 Å². The number of rotatable bonds is 1. The quantitative estimate of drug-likeness (QED) is 0.533. The molecule has 1 aliphatic rings. The third-order valence-corrected chi connectivity index (χ3v) is 4.02. The van der Waals surface area contributed by atoms with Crippen molar-refractivity contribution in [1.29, 1.82) is 0 Å². The van der Waals surface area contributed by atoms with Crippen LogP contribution in [0.5, 0.6) is 11.5 Å². The van der Waals surface area contributed by atoms with E-state index in [0.717, 1.165) is 33.8 Å². The molecule has 0 spiro atoms. The van der Waals surface area contributed by atoms with Crippen LogP contribution < -0.4 is 9.47 Å². The third-order valence-electron chi connectivity index (χ3n) is 4.02. The van der Waals surface area contributed by atoms with Crippen molar-refractivity contribution in [1.82, 2.24) is 9.38 Å². The number of ether oxygens (including phenoxy) is 2. The van der Waals surface area contributed by atoms with Crippen molar-refractivity contribution < 1.29 is 9.47 Å². The summed E-state index contributed by atoms with van der Waals surface area (Å²) in [5.74, 6) is 1.57. The molecule has 0 aliphatic carbocycles. The Bertz CT molecular complexity index is 1020. The van der Waals surface area contributed by atoms with Gasteiger partial charge in [-0.2, -0.15) is 0 Å².